The zero-order chi connectivity index (χ0) is 23.6. The Bertz CT molecular complexity index is 1260. The summed E-state index contributed by atoms with van der Waals surface area (Å²) in [5, 5.41) is 14.5. The molecule has 0 unspecified atom stereocenters. The Morgan fingerprint density at radius 3 is 2.52 bits per heavy atom. The van der Waals surface area contributed by atoms with Gasteiger partial charge in [-0.3, -0.25) is 10.1 Å². The van der Waals surface area contributed by atoms with Crippen LogP contribution in [0.15, 0.2) is 51.2 Å². The molecule has 3 heterocycles. The summed E-state index contributed by atoms with van der Waals surface area (Å²) in [7, 11) is -3.71. The third kappa shape index (κ3) is 4.74. The van der Waals surface area contributed by atoms with Crippen molar-refractivity contribution in [1.82, 2.24) is 9.46 Å². The molecule has 0 N–H and O–H groups in total. The van der Waals surface area contributed by atoms with Crippen LogP contribution in [-0.2, 0) is 14.8 Å². The average molecular weight is 493 g/mol. The van der Waals surface area contributed by atoms with Gasteiger partial charge in [-0.1, -0.05) is 5.16 Å². The molecule has 1 aliphatic heterocycles. The standard InChI is InChI=1S/C20H20N4O7S2/c1-2-30-20(25)16-13-17(31-21-16)18-7-8-19(32-18)33(28,29)23-11-9-22(10-12-23)14-3-5-15(6-4-14)24(26)27/h3-8,13H,2,9-12H2,1H3. The number of sulfonamides is 1. The van der Waals surface area contributed by atoms with Crippen molar-refractivity contribution >= 4 is 38.7 Å². The lowest BCUT2D eigenvalue weighted by Crippen LogP contribution is -2.48. The van der Waals surface area contributed by atoms with Crippen molar-refractivity contribution in [3.8, 4) is 10.6 Å². The maximum atomic E-state index is 13.1. The molecule has 13 heteroatoms. The van der Waals surface area contributed by atoms with E-state index in [1.807, 2.05) is 4.90 Å². The largest absolute Gasteiger partial charge is 0.461 e. The fourth-order valence-electron chi connectivity index (χ4n) is 3.38. The van der Waals surface area contributed by atoms with E-state index in [9.17, 15) is 23.3 Å². The summed E-state index contributed by atoms with van der Waals surface area (Å²) < 4.78 is 37.9. The van der Waals surface area contributed by atoms with Crippen molar-refractivity contribution in [3.05, 3.63) is 58.3 Å². The van der Waals surface area contributed by atoms with E-state index in [1.54, 1.807) is 25.1 Å². The molecule has 1 aliphatic rings. The van der Waals surface area contributed by atoms with Gasteiger partial charge in [-0.25, -0.2) is 13.2 Å². The van der Waals surface area contributed by atoms with Gasteiger partial charge in [0.25, 0.3) is 15.7 Å². The van der Waals surface area contributed by atoms with Gasteiger partial charge in [-0.15, -0.1) is 11.3 Å². The monoisotopic (exact) mass is 492 g/mol. The van der Waals surface area contributed by atoms with Crippen molar-refractivity contribution in [2.45, 2.75) is 11.1 Å². The van der Waals surface area contributed by atoms with Crippen molar-refractivity contribution in [3.63, 3.8) is 0 Å². The van der Waals surface area contributed by atoms with Crippen LogP contribution in [0.1, 0.15) is 17.4 Å². The summed E-state index contributed by atoms with van der Waals surface area (Å²) in [6.45, 7) is 3.37. The second-order valence-electron chi connectivity index (χ2n) is 7.08. The number of benzene rings is 1. The predicted octanol–water partition coefficient (Wildman–Crippen LogP) is 3.00. The molecular formula is C20H20N4O7S2. The van der Waals surface area contributed by atoms with Crippen LogP contribution in [0.4, 0.5) is 11.4 Å². The number of non-ortho nitro benzene ring substituents is 1. The van der Waals surface area contributed by atoms with Gasteiger partial charge in [0.15, 0.2) is 11.5 Å². The van der Waals surface area contributed by atoms with Crippen molar-refractivity contribution in [1.29, 1.82) is 0 Å². The number of ether oxygens (including phenoxy) is 1. The molecule has 4 rings (SSSR count). The lowest BCUT2D eigenvalue weighted by molar-refractivity contribution is -0.384. The lowest BCUT2D eigenvalue weighted by atomic mass is 10.2. The minimum absolute atomic E-state index is 0.00889. The van der Waals surface area contributed by atoms with Gasteiger partial charge in [0, 0.05) is 50.1 Å². The summed E-state index contributed by atoms with van der Waals surface area (Å²) in [5.41, 5.74) is 0.834. The topological polar surface area (TPSA) is 136 Å². The number of hydrogen-bond acceptors (Lipinski definition) is 10. The number of aromatic nitrogens is 1. The predicted molar refractivity (Wildman–Crippen MR) is 120 cm³/mol. The van der Waals surface area contributed by atoms with Crippen LogP contribution in [0.5, 0.6) is 0 Å². The first kappa shape index (κ1) is 22.9. The van der Waals surface area contributed by atoms with Crippen LogP contribution >= 0.6 is 11.3 Å². The molecule has 33 heavy (non-hydrogen) atoms. The van der Waals surface area contributed by atoms with E-state index in [0.717, 1.165) is 17.0 Å². The summed E-state index contributed by atoms with van der Waals surface area (Å²) in [6, 6.07) is 10.7. The number of carbonyl (C=O) groups is 1. The molecule has 11 nitrogen and oxygen atoms in total. The summed E-state index contributed by atoms with van der Waals surface area (Å²) >= 11 is 1.03. The van der Waals surface area contributed by atoms with E-state index in [1.165, 1.54) is 28.6 Å². The van der Waals surface area contributed by atoms with E-state index in [-0.39, 0.29) is 41.0 Å². The van der Waals surface area contributed by atoms with E-state index < -0.39 is 20.9 Å². The molecule has 0 aliphatic carbocycles. The zero-order valence-electron chi connectivity index (χ0n) is 17.5. The lowest BCUT2D eigenvalue weighted by Gasteiger charge is -2.35. The Labute approximate surface area is 193 Å². The first-order valence-corrected chi connectivity index (χ1v) is 12.3. The van der Waals surface area contributed by atoms with Crippen LogP contribution in [0, 0.1) is 10.1 Å². The minimum Gasteiger partial charge on any atom is -0.461 e. The number of carbonyl (C=O) groups excluding carboxylic acids is 1. The maximum absolute atomic E-state index is 13.1. The highest BCUT2D eigenvalue weighted by Crippen LogP contribution is 2.33. The second kappa shape index (κ2) is 9.29. The molecule has 0 atom stereocenters. The first-order chi connectivity index (χ1) is 15.8. The molecular weight excluding hydrogens is 472 g/mol. The molecule has 1 fully saturated rings. The quantitative estimate of drug-likeness (QED) is 0.277. The molecule has 174 valence electrons. The number of hydrogen-bond donors (Lipinski definition) is 0. The summed E-state index contributed by atoms with van der Waals surface area (Å²) in [5.74, 6) is -0.324. The number of rotatable bonds is 7. The Balaban J connectivity index is 1.43. The van der Waals surface area contributed by atoms with Gasteiger partial charge in [0.1, 0.15) is 4.21 Å². The molecule has 0 bridgehead atoms. The highest BCUT2D eigenvalue weighted by molar-refractivity contribution is 7.91. The smallest absolute Gasteiger partial charge is 0.360 e. The normalized spacial score (nSPS) is 14.9. The van der Waals surface area contributed by atoms with Gasteiger partial charge < -0.3 is 14.2 Å². The fourth-order valence-corrected chi connectivity index (χ4v) is 6.21. The summed E-state index contributed by atoms with van der Waals surface area (Å²) in [6.07, 6.45) is 0. The third-order valence-electron chi connectivity index (χ3n) is 5.08. The van der Waals surface area contributed by atoms with Gasteiger partial charge >= 0.3 is 5.97 Å². The molecule has 0 radical (unpaired) electrons. The van der Waals surface area contributed by atoms with E-state index in [2.05, 4.69) is 5.16 Å². The van der Waals surface area contributed by atoms with Crippen LogP contribution in [0.25, 0.3) is 10.6 Å². The number of piperazine rings is 1. The zero-order valence-corrected chi connectivity index (χ0v) is 19.2. The molecule has 2 aromatic heterocycles. The van der Waals surface area contributed by atoms with Gasteiger partial charge in [-0.05, 0) is 31.2 Å². The van der Waals surface area contributed by atoms with Crippen molar-refractivity contribution in [2.75, 3.05) is 37.7 Å². The van der Waals surface area contributed by atoms with Crippen LogP contribution in [-0.4, -0.2) is 61.6 Å². The molecule has 0 saturated carbocycles. The number of esters is 1. The molecule has 0 spiro atoms. The van der Waals surface area contributed by atoms with Gasteiger partial charge in [0.2, 0.25) is 0 Å². The number of nitro benzene ring substituents is 1. The molecule has 1 saturated heterocycles. The SMILES string of the molecule is CCOC(=O)c1cc(-c2ccc(S(=O)(=O)N3CCN(c4ccc([N+](=O)[O-])cc4)CC3)s2)on1. The van der Waals surface area contributed by atoms with E-state index in [0.29, 0.717) is 18.0 Å². The number of thiophene rings is 1. The average Bonchev–Trinajstić information content (AvgIpc) is 3.50. The number of nitro groups is 1. The molecule has 3 aromatic rings. The van der Waals surface area contributed by atoms with Crippen molar-refractivity contribution < 1.29 is 27.4 Å². The van der Waals surface area contributed by atoms with Crippen LogP contribution in [0.3, 0.4) is 0 Å². The van der Waals surface area contributed by atoms with E-state index in [4.69, 9.17) is 9.26 Å². The Kier molecular flexibility index (Phi) is 6.44. The number of nitrogens with zero attached hydrogens (tertiary/aromatic N) is 4. The second-order valence-corrected chi connectivity index (χ2v) is 10.3. The summed E-state index contributed by atoms with van der Waals surface area (Å²) in [4.78, 5) is 24.6. The Morgan fingerprint density at radius 1 is 1.18 bits per heavy atom. The van der Waals surface area contributed by atoms with Gasteiger partial charge in [-0.2, -0.15) is 4.31 Å². The van der Waals surface area contributed by atoms with Crippen LogP contribution in [0.2, 0.25) is 0 Å². The number of anilines is 1. The minimum atomic E-state index is -3.71. The third-order valence-corrected chi connectivity index (χ3v) is 8.54. The molecule has 0 amide bonds. The highest BCUT2D eigenvalue weighted by Gasteiger charge is 2.30. The highest BCUT2D eigenvalue weighted by atomic mass is 32.2. The van der Waals surface area contributed by atoms with Crippen molar-refractivity contribution in [2.24, 2.45) is 0 Å². The van der Waals surface area contributed by atoms with E-state index >= 15 is 0 Å². The Hall–Kier alpha value is -3.29. The Morgan fingerprint density at radius 2 is 1.88 bits per heavy atom. The first-order valence-electron chi connectivity index (χ1n) is 10.0. The fraction of sp³-hybridized carbons (Fsp3) is 0.300. The molecule has 1 aromatic carbocycles. The van der Waals surface area contributed by atoms with Crippen LogP contribution < -0.4 is 4.90 Å². The maximum Gasteiger partial charge on any atom is 0.360 e. The van der Waals surface area contributed by atoms with Gasteiger partial charge in [0.05, 0.1) is 16.4 Å².